The lowest BCUT2D eigenvalue weighted by molar-refractivity contribution is 0.342. The number of nitrogens with one attached hydrogen (secondary N) is 1. The molecule has 0 saturated heterocycles. The lowest BCUT2D eigenvalue weighted by Gasteiger charge is -2.22. The fourth-order valence-electron chi connectivity index (χ4n) is 2.48. The van der Waals surface area contributed by atoms with Gasteiger partial charge in [-0.25, -0.2) is 8.42 Å². The van der Waals surface area contributed by atoms with E-state index in [1.54, 1.807) is 6.92 Å². The minimum Gasteiger partial charge on any atom is -0.271 e. The first-order valence-corrected chi connectivity index (χ1v) is 8.07. The van der Waals surface area contributed by atoms with Crippen molar-refractivity contribution in [3.8, 4) is 0 Å². The van der Waals surface area contributed by atoms with Crippen molar-refractivity contribution in [1.82, 2.24) is 5.43 Å². The summed E-state index contributed by atoms with van der Waals surface area (Å²) < 4.78 is 22.7. The molecule has 0 heterocycles. The summed E-state index contributed by atoms with van der Waals surface area (Å²) in [7, 11) is -2.82. The molecule has 0 radical (unpaired) electrons. The second kappa shape index (κ2) is 6.57. The van der Waals surface area contributed by atoms with E-state index in [9.17, 15) is 8.42 Å². The van der Waals surface area contributed by atoms with E-state index in [-0.39, 0.29) is 5.75 Å². The van der Waals surface area contributed by atoms with Gasteiger partial charge in [-0.1, -0.05) is 19.8 Å². The molecule has 0 aromatic rings. The monoisotopic (exact) mass is 248 g/mol. The van der Waals surface area contributed by atoms with Crippen molar-refractivity contribution in [2.45, 2.75) is 51.5 Å². The third kappa shape index (κ3) is 4.39. The molecule has 0 aromatic carbocycles. The molecule has 0 spiro atoms. The second-order valence-corrected chi connectivity index (χ2v) is 7.17. The molecule has 1 rings (SSSR count). The van der Waals surface area contributed by atoms with Gasteiger partial charge in [-0.3, -0.25) is 11.3 Å². The van der Waals surface area contributed by atoms with Crippen molar-refractivity contribution in [3.05, 3.63) is 0 Å². The third-order valence-corrected chi connectivity index (χ3v) is 5.38. The smallest absolute Gasteiger partial charge is 0.150 e. The molecule has 1 saturated carbocycles. The Kier molecular flexibility index (Phi) is 5.72. The van der Waals surface area contributed by atoms with Gasteiger partial charge in [0.05, 0.1) is 5.75 Å². The highest BCUT2D eigenvalue weighted by atomic mass is 32.2. The molecule has 1 aliphatic carbocycles. The van der Waals surface area contributed by atoms with Crippen LogP contribution in [-0.2, 0) is 9.84 Å². The normalized spacial score (nSPS) is 20.1. The van der Waals surface area contributed by atoms with E-state index < -0.39 is 9.84 Å². The van der Waals surface area contributed by atoms with E-state index in [1.165, 1.54) is 25.7 Å². The summed E-state index contributed by atoms with van der Waals surface area (Å²) in [6.07, 6.45) is 6.64. The lowest BCUT2D eigenvalue weighted by Crippen LogP contribution is -2.40. The third-order valence-electron chi connectivity index (χ3n) is 3.59. The van der Waals surface area contributed by atoms with Crippen molar-refractivity contribution in [2.24, 2.45) is 11.8 Å². The molecule has 1 fully saturated rings. The number of nitrogens with two attached hydrogens (primary N) is 1. The molecule has 1 atom stereocenters. The highest BCUT2D eigenvalue weighted by molar-refractivity contribution is 7.91. The van der Waals surface area contributed by atoms with Crippen LogP contribution in [-0.4, -0.2) is 26.0 Å². The highest BCUT2D eigenvalue weighted by Crippen LogP contribution is 2.29. The van der Waals surface area contributed by atoms with Gasteiger partial charge in [0.2, 0.25) is 0 Å². The van der Waals surface area contributed by atoms with Crippen molar-refractivity contribution in [2.75, 3.05) is 11.5 Å². The van der Waals surface area contributed by atoms with Gasteiger partial charge >= 0.3 is 0 Å². The largest absolute Gasteiger partial charge is 0.271 e. The molecule has 0 amide bonds. The Labute approximate surface area is 98.9 Å². The quantitative estimate of drug-likeness (QED) is 0.525. The van der Waals surface area contributed by atoms with Gasteiger partial charge in [-0.15, -0.1) is 0 Å². The summed E-state index contributed by atoms with van der Waals surface area (Å²) in [6.45, 7) is 1.70. The molecular weight excluding hydrogens is 224 g/mol. The van der Waals surface area contributed by atoms with Crippen LogP contribution in [0.4, 0.5) is 0 Å². The molecular formula is C11H24N2O2S. The number of hydrazine groups is 1. The van der Waals surface area contributed by atoms with Crippen LogP contribution < -0.4 is 11.3 Å². The zero-order chi connectivity index (χ0) is 12.0. The first-order chi connectivity index (χ1) is 7.59. The van der Waals surface area contributed by atoms with Gasteiger partial charge < -0.3 is 0 Å². The van der Waals surface area contributed by atoms with E-state index in [0.717, 1.165) is 12.8 Å². The maximum absolute atomic E-state index is 11.3. The fourth-order valence-corrected chi connectivity index (χ4v) is 3.38. The average molecular weight is 248 g/mol. The van der Waals surface area contributed by atoms with Crippen LogP contribution in [0.15, 0.2) is 0 Å². The number of rotatable bonds is 7. The first kappa shape index (κ1) is 13.9. The van der Waals surface area contributed by atoms with Gasteiger partial charge in [0, 0.05) is 11.8 Å². The van der Waals surface area contributed by atoms with Crippen LogP contribution in [0.5, 0.6) is 0 Å². The number of hydrogen-bond donors (Lipinski definition) is 2. The predicted molar refractivity (Wildman–Crippen MR) is 66.6 cm³/mol. The van der Waals surface area contributed by atoms with E-state index in [2.05, 4.69) is 5.43 Å². The zero-order valence-corrected chi connectivity index (χ0v) is 10.9. The standard InChI is InChI=1S/C11H24N2O2S/c1-2-16(14,15)9-5-8-11(13-12)10-6-3-4-7-10/h10-11,13H,2-9,12H2,1H3. The molecule has 0 aromatic heterocycles. The van der Waals surface area contributed by atoms with Crippen LogP contribution >= 0.6 is 0 Å². The van der Waals surface area contributed by atoms with Gasteiger partial charge in [-0.05, 0) is 31.6 Å². The molecule has 1 unspecified atom stereocenters. The Hall–Kier alpha value is -0.130. The fraction of sp³-hybridized carbons (Fsp3) is 1.00. The summed E-state index contributed by atoms with van der Waals surface area (Å²) in [5, 5.41) is 0. The Bertz CT molecular complexity index is 284. The van der Waals surface area contributed by atoms with E-state index in [4.69, 9.17) is 5.84 Å². The lowest BCUT2D eigenvalue weighted by atomic mass is 9.95. The van der Waals surface area contributed by atoms with Gasteiger partial charge in [0.25, 0.3) is 0 Å². The number of sulfone groups is 1. The van der Waals surface area contributed by atoms with Crippen molar-refractivity contribution in [1.29, 1.82) is 0 Å². The van der Waals surface area contributed by atoms with Crippen LogP contribution in [0.3, 0.4) is 0 Å². The molecule has 0 bridgehead atoms. The highest BCUT2D eigenvalue weighted by Gasteiger charge is 2.24. The second-order valence-electron chi connectivity index (χ2n) is 4.70. The summed E-state index contributed by atoms with van der Waals surface area (Å²) in [5.41, 5.74) is 2.85. The molecule has 4 nitrogen and oxygen atoms in total. The first-order valence-electron chi connectivity index (χ1n) is 6.25. The van der Waals surface area contributed by atoms with Gasteiger partial charge in [0.15, 0.2) is 0 Å². The Morgan fingerprint density at radius 3 is 2.50 bits per heavy atom. The summed E-state index contributed by atoms with van der Waals surface area (Å²) >= 11 is 0. The van der Waals surface area contributed by atoms with Crippen molar-refractivity contribution in [3.63, 3.8) is 0 Å². The Morgan fingerprint density at radius 2 is 2.00 bits per heavy atom. The summed E-state index contributed by atoms with van der Waals surface area (Å²) in [4.78, 5) is 0. The van der Waals surface area contributed by atoms with Crippen LogP contribution in [0.25, 0.3) is 0 Å². The van der Waals surface area contributed by atoms with E-state index >= 15 is 0 Å². The molecule has 96 valence electrons. The molecule has 16 heavy (non-hydrogen) atoms. The molecule has 1 aliphatic rings. The zero-order valence-electron chi connectivity index (χ0n) is 10.1. The van der Waals surface area contributed by atoms with Crippen LogP contribution in [0.2, 0.25) is 0 Å². The predicted octanol–water partition coefficient (Wildman–Crippen LogP) is 1.22. The summed E-state index contributed by atoms with van der Waals surface area (Å²) in [5.74, 6) is 6.73. The van der Waals surface area contributed by atoms with Gasteiger partial charge in [-0.2, -0.15) is 0 Å². The SMILES string of the molecule is CCS(=O)(=O)CCCC(NN)C1CCCC1. The van der Waals surface area contributed by atoms with Crippen molar-refractivity contribution < 1.29 is 8.42 Å². The maximum atomic E-state index is 11.3. The van der Waals surface area contributed by atoms with E-state index in [1.807, 2.05) is 0 Å². The van der Waals surface area contributed by atoms with Crippen LogP contribution in [0, 0.1) is 5.92 Å². The molecule has 0 aliphatic heterocycles. The Morgan fingerprint density at radius 1 is 1.38 bits per heavy atom. The van der Waals surface area contributed by atoms with Crippen LogP contribution in [0.1, 0.15) is 45.4 Å². The maximum Gasteiger partial charge on any atom is 0.150 e. The summed E-state index contributed by atoms with van der Waals surface area (Å²) in [6, 6.07) is 0.301. The van der Waals surface area contributed by atoms with Gasteiger partial charge in [0.1, 0.15) is 9.84 Å². The minimum absolute atomic E-state index is 0.247. The minimum atomic E-state index is -2.82. The number of hydrogen-bond acceptors (Lipinski definition) is 4. The average Bonchev–Trinajstić information content (AvgIpc) is 2.78. The molecule has 3 N–H and O–H groups in total. The Balaban J connectivity index is 2.29. The molecule has 5 heteroatoms. The van der Waals surface area contributed by atoms with Crippen molar-refractivity contribution >= 4 is 9.84 Å². The van der Waals surface area contributed by atoms with E-state index in [0.29, 0.717) is 17.7 Å². The topological polar surface area (TPSA) is 72.2 Å².